The molecule has 0 N–H and O–H groups in total. The van der Waals surface area contributed by atoms with Crippen molar-refractivity contribution in [3.8, 4) is 0 Å². The molecule has 0 saturated carbocycles. The lowest BCUT2D eigenvalue weighted by Crippen LogP contribution is -2.32. The monoisotopic (exact) mass is 250 g/mol. The molecule has 0 fully saturated rings. The second kappa shape index (κ2) is 8.85. The second-order valence-corrected chi connectivity index (χ2v) is 11.0. The summed E-state index contributed by atoms with van der Waals surface area (Å²) in [4.78, 5) is 0. The maximum absolute atomic E-state index is 6.00. The van der Waals surface area contributed by atoms with E-state index in [1.54, 1.807) is 0 Å². The Labute approximate surface area is 95.3 Å². The van der Waals surface area contributed by atoms with Gasteiger partial charge in [-0.05, 0) is 24.2 Å². The summed E-state index contributed by atoms with van der Waals surface area (Å²) in [5.74, 6) is 0.197. The van der Waals surface area contributed by atoms with Crippen LogP contribution in [0.2, 0.25) is 24.2 Å². The maximum atomic E-state index is 6.00. The fraction of sp³-hybridized carbons (Fsp3) is 1.00. The van der Waals surface area contributed by atoms with Crippen molar-refractivity contribution in [3.63, 3.8) is 0 Å². The molecule has 0 heterocycles. The topological polar surface area (TPSA) is 18.5 Å². The van der Waals surface area contributed by atoms with Crippen LogP contribution in [0.3, 0.4) is 0 Å². The van der Waals surface area contributed by atoms with Gasteiger partial charge in [0, 0.05) is 0 Å². The van der Waals surface area contributed by atoms with E-state index in [0.29, 0.717) is 0 Å². The molecule has 0 aliphatic carbocycles. The zero-order valence-electron chi connectivity index (χ0n) is 10.4. The first kappa shape index (κ1) is 14.6. The van der Waals surface area contributed by atoms with Crippen LogP contribution in [0.5, 0.6) is 0 Å². The van der Waals surface area contributed by atoms with E-state index in [2.05, 4.69) is 27.7 Å². The Hall–Kier alpha value is 0.571. The van der Waals surface area contributed by atoms with Gasteiger partial charge in [-0.1, -0.05) is 27.7 Å². The lowest BCUT2D eigenvalue weighted by molar-refractivity contribution is 0.0718. The average Bonchev–Trinajstić information content (AvgIpc) is 2.22. The summed E-state index contributed by atoms with van der Waals surface area (Å²) < 4.78 is 12.0. The fourth-order valence-corrected chi connectivity index (χ4v) is 7.11. The third-order valence-corrected chi connectivity index (χ3v) is 9.40. The summed E-state index contributed by atoms with van der Waals surface area (Å²) in [6.45, 7) is 8.96. The summed E-state index contributed by atoms with van der Waals surface area (Å²) in [5.41, 5.74) is 0. The van der Waals surface area contributed by atoms with Gasteiger partial charge in [-0.15, -0.1) is 0 Å². The average molecular weight is 251 g/mol. The summed E-state index contributed by atoms with van der Waals surface area (Å²) in [6.07, 6.45) is 0. The molecule has 0 aliphatic heterocycles. The molecule has 0 radical (unpaired) electrons. The molecule has 2 nitrogen and oxygen atoms in total. The molecule has 0 spiro atoms. The molecular weight excluding hydrogens is 224 g/mol. The third-order valence-electron chi connectivity index (χ3n) is 2.59. The molecule has 0 unspecified atom stereocenters. The van der Waals surface area contributed by atoms with E-state index in [-0.39, 0.29) is 5.91 Å². The van der Waals surface area contributed by atoms with Crippen molar-refractivity contribution in [1.82, 2.24) is 0 Å². The zero-order valence-corrected chi connectivity index (χ0v) is 14.7. The zero-order chi connectivity index (χ0) is 11.0. The predicted molar refractivity (Wildman–Crippen MR) is 72.1 cm³/mol. The van der Waals surface area contributed by atoms with Crippen LogP contribution in [-0.4, -0.2) is 34.2 Å². The van der Waals surface area contributed by atoms with Crippen molar-refractivity contribution in [1.29, 1.82) is 0 Å². The van der Waals surface area contributed by atoms with Crippen LogP contribution in [0.25, 0.3) is 0 Å². The third kappa shape index (κ3) is 6.13. The van der Waals surface area contributed by atoms with Gasteiger partial charge in [0.25, 0.3) is 0 Å². The Morgan fingerprint density at radius 1 is 0.857 bits per heavy atom. The molecule has 0 aliphatic rings. The molecule has 0 rings (SSSR count). The lowest BCUT2D eigenvalue weighted by Gasteiger charge is -2.24. The van der Waals surface area contributed by atoms with Crippen molar-refractivity contribution < 1.29 is 8.85 Å². The van der Waals surface area contributed by atoms with E-state index in [9.17, 15) is 0 Å². The molecular formula is C9H26O2Si3. The normalized spacial score (nSPS) is 12.2. The Morgan fingerprint density at radius 3 is 1.36 bits per heavy atom. The molecule has 86 valence electrons. The van der Waals surface area contributed by atoms with Gasteiger partial charge in [0.15, 0.2) is 18.1 Å². The molecule has 0 aromatic heterocycles. The number of hydrogen-bond acceptors (Lipinski definition) is 2. The van der Waals surface area contributed by atoms with Crippen LogP contribution in [-0.2, 0) is 8.85 Å². The minimum Gasteiger partial charge on any atom is -0.400 e. The van der Waals surface area contributed by atoms with Crippen molar-refractivity contribution in [2.45, 2.75) is 57.8 Å². The molecule has 0 atom stereocenters. The molecule has 0 bridgehead atoms. The first-order chi connectivity index (χ1) is 6.67. The van der Waals surface area contributed by atoms with Crippen LogP contribution in [0.1, 0.15) is 27.7 Å². The Morgan fingerprint density at radius 2 is 1.14 bits per heavy atom. The van der Waals surface area contributed by atoms with E-state index >= 15 is 0 Å². The van der Waals surface area contributed by atoms with Crippen LogP contribution < -0.4 is 0 Å². The summed E-state index contributed by atoms with van der Waals surface area (Å²) in [5, 5.41) is 0. The van der Waals surface area contributed by atoms with Crippen molar-refractivity contribution in [3.05, 3.63) is 0 Å². The van der Waals surface area contributed by atoms with Crippen LogP contribution in [0.4, 0.5) is 0 Å². The van der Waals surface area contributed by atoms with Gasteiger partial charge in [-0.25, -0.2) is 0 Å². The van der Waals surface area contributed by atoms with E-state index in [0.717, 1.165) is 10.2 Å². The van der Waals surface area contributed by atoms with E-state index < -0.39 is 18.1 Å². The van der Waals surface area contributed by atoms with Gasteiger partial charge in [0.2, 0.25) is 0 Å². The van der Waals surface area contributed by atoms with Crippen LogP contribution in [0, 0.1) is 0 Å². The summed E-state index contributed by atoms with van der Waals surface area (Å²) >= 11 is 0. The van der Waals surface area contributed by atoms with Crippen molar-refractivity contribution in [2.75, 3.05) is 0 Å². The fourth-order valence-electron chi connectivity index (χ4n) is 1.54. The standard InChI is InChI=1S/C9H26O2Si3/c1-5-13(6-2)10-9(12)11-14(7-3)8-4/h9,13-14H,5-8H2,1-4,12H3. The Kier molecular flexibility index (Phi) is 9.21. The van der Waals surface area contributed by atoms with Gasteiger partial charge in [0.05, 0.1) is 10.2 Å². The largest absolute Gasteiger partial charge is 0.400 e. The van der Waals surface area contributed by atoms with Crippen molar-refractivity contribution in [2.24, 2.45) is 0 Å². The minimum absolute atomic E-state index is 0.197. The van der Waals surface area contributed by atoms with Gasteiger partial charge >= 0.3 is 0 Å². The van der Waals surface area contributed by atoms with Gasteiger partial charge in [-0.3, -0.25) is 0 Å². The second-order valence-electron chi connectivity index (χ2n) is 3.72. The Bertz CT molecular complexity index is 113. The minimum atomic E-state index is -0.899. The smallest absolute Gasteiger partial charge is 0.179 e. The molecule has 0 aromatic rings. The maximum Gasteiger partial charge on any atom is 0.179 e. The molecule has 0 aromatic carbocycles. The first-order valence-electron chi connectivity index (χ1n) is 5.98. The Balaban J connectivity index is 3.77. The van der Waals surface area contributed by atoms with Crippen LogP contribution >= 0.6 is 0 Å². The summed E-state index contributed by atoms with van der Waals surface area (Å²) in [7, 11) is -0.770. The van der Waals surface area contributed by atoms with E-state index in [4.69, 9.17) is 8.85 Å². The van der Waals surface area contributed by atoms with Gasteiger partial charge in [-0.2, -0.15) is 0 Å². The lowest BCUT2D eigenvalue weighted by atomic mass is 10.9. The van der Waals surface area contributed by atoms with E-state index in [1.165, 1.54) is 24.2 Å². The highest BCUT2D eigenvalue weighted by Gasteiger charge is 2.15. The number of rotatable bonds is 8. The highest BCUT2D eigenvalue weighted by Crippen LogP contribution is 2.08. The molecule has 5 heteroatoms. The predicted octanol–water partition coefficient (Wildman–Crippen LogP) is 1.20. The molecule has 14 heavy (non-hydrogen) atoms. The SMILES string of the molecule is CC[SiH](CC)OC([SiH3])O[SiH](CC)CC. The van der Waals surface area contributed by atoms with Crippen LogP contribution in [0.15, 0.2) is 0 Å². The van der Waals surface area contributed by atoms with Crippen molar-refractivity contribution >= 4 is 28.3 Å². The number of hydrogen-bond donors (Lipinski definition) is 0. The highest BCUT2D eigenvalue weighted by atomic mass is 28.3. The van der Waals surface area contributed by atoms with Gasteiger partial charge < -0.3 is 8.85 Å². The first-order valence-corrected chi connectivity index (χ1v) is 11.3. The molecule has 0 saturated heterocycles. The molecule has 0 amide bonds. The highest BCUT2D eigenvalue weighted by molar-refractivity contribution is 6.53. The quantitative estimate of drug-likeness (QED) is 0.476. The van der Waals surface area contributed by atoms with Gasteiger partial charge in [0.1, 0.15) is 5.91 Å². The van der Waals surface area contributed by atoms with E-state index in [1.807, 2.05) is 0 Å². The summed E-state index contributed by atoms with van der Waals surface area (Å²) in [6, 6.07) is 4.96.